The molecule has 0 spiro atoms. The summed E-state index contributed by atoms with van der Waals surface area (Å²) in [5, 5.41) is 29.8. The van der Waals surface area contributed by atoms with E-state index in [0.29, 0.717) is 10.5 Å². The van der Waals surface area contributed by atoms with Gasteiger partial charge in [-0.1, -0.05) is 23.4 Å². The summed E-state index contributed by atoms with van der Waals surface area (Å²) in [4.78, 5) is 22.1. The number of carbonyl (C=O) groups is 1. The van der Waals surface area contributed by atoms with Crippen LogP contribution in [0.2, 0.25) is 5.02 Å². The number of phenols is 1. The lowest BCUT2D eigenvalue weighted by atomic mass is 10.2. The number of nitro benzene ring substituents is 1. The van der Waals surface area contributed by atoms with Gasteiger partial charge in [-0.05, 0) is 35.9 Å². The molecule has 2 rings (SSSR count). The molecule has 0 aliphatic rings. The fourth-order valence-electron chi connectivity index (χ4n) is 1.88. The van der Waals surface area contributed by atoms with E-state index in [1.165, 1.54) is 49.6 Å². The van der Waals surface area contributed by atoms with E-state index in [9.17, 15) is 25.1 Å². The first-order valence-electron chi connectivity index (χ1n) is 6.75. The monoisotopic (exact) mass is 381 g/mol. The Morgan fingerprint density at radius 1 is 1.32 bits per heavy atom. The smallest absolute Gasteiger partial charge is 0.342 e. The fourth-order valence-corrected chi connectivity index (χ4v) is 2.91. The lowest BCUT2D eigenvalue weighted by Gasteiger charge is -2.08. The number of thioether (sulfide) groups is 1. The van der Waals surface area contributed by atoms with Crippen molar-refractivity contribution in [2.24, 2.45) is 0 Å². The summed E-state index contributed by atoms with van der Waals surface area (Å²) in [5.74, 6) is -1.29. The Morgan fingerprint density at radius 3 is 2.48 bits per heavy atom. The van der Waals surface area contributed by atoms with Crippen molar-refractivity contribution in [3.05, 3.63) is 62.0 Å². The molecule has 9 heteroatoms. The van der Waals surface area contributed by atoms with Crippen LogP contribution in [-0.2, 0) is 4.79 Å². The van der Waals surface area contributed by atoms with E-state index in [1.807, 2.05) is 0 Å². The van der Waals surface area contributed by atoms with Gasteiger partial charge in [0.05, 0.1) is 22.0 Å². The van der Waals surface area contributed by atoms with Crippen molar-refractivity contribution in [3.8, 4) is 11.5 Å². The number of aromatic hydroxyl groups is 1. The quantitative estimate of drug-likeness (QED) is 0.334. The van der Waals surface area contributed by atoms with E-state index >= 15 is 0 Å². The maximum atomic E-state index is 11.5. The Hall–Kier alpha value is -2.71. The molecule has 0 saturated heterocycles. The van der Waals surface area contributed by atoms with Gasteiger partial charge in [-0.3, -0.25) is 10.1 Å². The van der Waals surface area contributed by atoms with Crippen LogP contribution in [0.3, 0.4) is 0 Å². The summed E-state index contributed by atoms with van der Waals surface area (Å²) in [6.07, 6.45) is 1.36. The second-order valence-corrected chi connectivity index (χ2v) is 6.24. The first-order chi connectivity index (χ1) is 11.8. The summed E-state index contributed by atoms with van der Waals surface area (Å²) in [6, 6.07) is 8.36. The number of hydrogen-bond donors (Lipinski definition) is 2. The van der Waals surface area contributed by atoms with Crippen LogP contribution in [0, 0.1) is 10.1 Å². The summed E-state index contributed by atoms with van der Waals surface area (Å²) >= 11 is 6.82. The number of carboxylic acid groups (broad SMARTS) is 1. The van der Waals surface area contributed by atoms with Crippen molar-refractivity contribution in [1.29, 1.82) is 0 Å². The van der Waals surface area contributed by atoms with Gasteiger partial charge in [0.1, 0.15) is 0 Å². The third-order valence-corrected chi connectivity index (χ3v) is 4.36. The van der Waals surface area contributed by atoms with Gasteiger partial charge in [0.25, 0.3) is 5.69 Å². The van der Waals surface area contributed by atoms with E-state index in [0.717, 1.165) is 11.8 Å². The number of halogens is 1. The number of phenolic OH excluding ortho intramolecular Hbond substituents is 1. The highest BCUT2D eigenvalue weighted by Gasteiger charge is 2.14. The van der Waals surface area contributed by atoms with Crippen LogP contribution in [0.5, 0.6) is 11.5 Å². The van der Waals surface area contributed by atoms with Crippen LogP contribution in [-0.4, -0.2) is 28.2 Å². The number of methoxy groups -OCH3 is 1. The van der Waals surface area contributed by atoms with Gasteiger partial charge in [-0.15, -0.1) is 0 Å². The zero-order chi connectivity index (χ0) is 18.6. The number of benzene rings is 2. The minimum absolute atomic E-state index is 0.0238. The predicted octanol–water partition coefficient (Wildman–Crippen LogP) is 4.18. The molecule has 2 aromatic rings. The molecule has 0 saturated carbocycles. The Kier molecular flexibility index (Phi) is 5.89. The molecule has 25 heavy (non-hydrogen) atoms. The van der Waals surface area contributed by atoms with Crippen molar-refractivity contribution in [1.82, 2.24) is 0 Å². The Morgan fingerprint density at radius 2 is 1.96 bits per heavy atom. The van der Waals surface area contributed by atoms with Crippen LogP contribution >= 0.6 is 23.4 Å². The van der Waals surface area contributed by atoms with Crippen molar-refractivity contribution in [2.75, 3.05) is 7.11 Å². The van der Waals surface area contributed by atoms with Gasteiger partial charge < -0.3 is 14.9 Å². The van der Waals surface area contributed by atoms with Gasteiger partial charge in [0.2, 0.25) is 0 Å². The molecule has 2 aromatic carbocycles. The molecule has 0 fully saturated rings. The maximum absolute atomic E-state index is 11.5. The number of hydrogen-bond acceptors (Lipinski definition) is 6. The SMILES string of the molecule is COc1cc(/C=C(/Sc2ccc([N+](=O)[O-])cc2)C(=O)O)cc(Cl)c1O. The summed E-state index contributed by atoms with van der Waals surface area (Å²) in [7, 11) is 1.35. The fraction of sp³-hybridized carbons (Fsp3) is 0.0625. The predicted molar refractivity (Wildman–Crippen MR) is 94.2 cm³/mol. The largest absolute Gasteiger partial charge is 0.503 e. The number of nitrogens with zero attached hydrogens (tertiary/aromatic N) is 1. The molecule has 2 N–H and O–H groups in total. The molecule has 0 aromatic heterocycles. The second-order valence-electron chi connectivity index (χ2n) is 4.72. The normalized spacial score (nSPS) is 11.2. The Bertz CT molecular complexity index is 850. The first kappa shape index (κ1) is 18.6. The van der Waals surface area contributed by atoms with Crippen LogP contribution in [0.15, 0.2) is 46.2 Å². The number of ether oxygens (including phenoxy) is 1. The van der Waals surface area contributed by atoms with Gasteiger partial charge in [0.15, 0.2) is 11.5 Å². The molecule has 0 bridgehead atoms. The first-order valence-corrected chi connectivity index (χ1v) is 7.95. The lowest BCUT2D eigenvalue weighted by Crippen LogP contribution is -1.97. The minimum Gasteiger partial charge on any atom is -0.503 e. The van der Waals surface area contributed by atoms with E-state index in [4.69, 9.17) is 16.3 Å². The molecular formula is C16H12ClNO6S. The standard InChI is InChI=1S/C16H12ClNO6S/c1-24-13-7-9(6-12(17)15(13)19)8-14(16(20)21)25-11-4-2-10(3-5-11)18(22)23/h2-8,19H,1H3,(H,20,21)/b14-8+. The van der Waals surface area contributed by atoms with Crippen molar-refractivity contribution in [2.45, 2.75) is 4.90 Å². The zero-order valence-corrected chi connectivity index (χ0v) is 14.4. The summed E-state index contributed by atoms with van der Waals surface area (Å²) < 4.78 is 4.98. The molecule has 0 atom stereocenters. The number of nitro groups is 1. The van der Waals surface area contributed by atoms with Crippen molar-refractivity contribution < 1.29 is 24.7 Å². The Labute approximate surface area is 151 Å². The number of non-ortho nitro benzene ring substituents is 1. The molecule has 0 aliphatic carbocycles. The van der Waals surface area contributed by atoms with E-state index in [2.05, 4.69) is 0 Å². The highest BCUT2D eigenvalue weighted by molar-refractivity contribution is 8.04. The average molecular weight is 382 g/mol. The van der Waals surface area contributed by atoms with Crippen molar-refractivity contribution >= 4 is 41.1 Å². The van der Waals surface area contributed by atoms with Crippen LogP contribution in [0.1, 0.15) is 5.56 Å². The van der Waals surface area contributed by atoms with Gasteiger partial charge >= 0.3 is 5.97 Å². The van der Waals surface area contributed by atoms with E-state index in [1.54, 1.807) is 0 Å². The average Bonchev–Trinajstić information content (AvgIpc) is 2.57. The highest BCUT2D eigenvalue weighted by Crippen LogP contribution is 2.37. The number of carboxylic acids is 1. The highest BCUT2D eigenvalue weighted by atomic mass is 35.5. The third-order valence-electron chi connectivity index (χ3n) is 3.05. The molecule has 0 amide bonds. The summed E-state index contributed by atoms with van der Waals surface area (Å²) in [6.45, 7) is 0. The topological polar surface area (TPSA) is 110 Å². The third kappa shape index (κ3) is 4.65. The maximum Gasteiger partial charge on any atom is 0.342 e. The molecule has 7 nitrogen and oxygen atoms in total. The zero-order valence-electron chi connectivity index (χ0n) is 12.8. The molecule has 130 valence electrons. The minimum atomic E-state index is -1.17. The number of aliphatic carboxylic acids is 1. The molecular weight excluding hydrogens is 370 g/mol. The second kappa shape index (κ2) is 7.91. The lowest BCUT2D eigenvalue weighted by molar-refractivity contribution is -0.384. The Balaban J connectivity index is 2.35. The molecule has 0 radical (unpaired) electrons. The van der Waals surface area contributed by atoms with Crippen molar-refractivity contribution in [3.63, 3.8) is 0 Å². The van der Waals surface area contributed by atoms with Gasteiger partial charge in [-0.25, -0.2) is 4.79 Å². The van der Waals surface area contributed by atoms with Crippen LogP contribution in [0.4, 0.5) is 5.69 Å². The van der Waals surface area contributed by atoms with E-state index < -0.39 is 10.9 Å². The van der Waals surface area contributed by atoms with Crippen LogP contribution < -0.4 is 4.74 Å². The van der Waals surface area contributed by atoms with E-state index in [-0.39, 0.29) is 27.1 Å². The summed E-state index contributed by atoms with van der Waals surface area (Å²) in [5.41, 5.74) is 0.340. The van der Waals surface area contributed by atoms with Gasteiger partial charge in [0, 0.05) is 17.0 Å². The molecule has 0 aliphatic heterocycles. The van der Waals surface area contributed by atoms with Crippen LogP contribution in [0.25, 0.3) is 6.08 Å². The molecule has 0 unspecified atom stereocenters. The number of rotatable bonds is 6. The molecule has 0 heterocycles. The van der Waals surface area contributed by atoms with Gasteiger partial charge in [-0.2, -0.15) is 0 Å².